The summed E-state index contributed by atoms with van der Waals surface area (Å²) in [6.07, 6.45) is 8.75. The van der Waals surface area contributed by atoms with E-state index in [1.54, 1.807) is 24.8 Å². The van der Waals surface area contributed by atoms with Gasteiger partial charge < -0.3 is 0 Å². The summed E-state index contributed by atoms with van der Waals surface area (Å²) >= 11 is 0. The van der Waals surface area contributed by atoms with Crippen molar-refractivity contribution in [1.29, 1.82) is 0 Å². The van der Waals surface area contributed by atoms with Gasteiger partial charge in [0.25, 0.3) is 0 Å². The van der Waals surface area contributed by atoms with E-state index in [0.29, 0.717) is 57.7 Å². The second kappa shape index (κ2) is 13.3. The minimum atomic E-state index is -0.266. The number of hydrogen-bond acceptors (Lipinski definition) is 10. The largest absolute Gasteiger partial charge is 0.253 e. The lowest BCUT2D eigenvalue weighted by molar-refractivity contribution is 0.490. The van der Waals surface area contributed by atoms with E-state index in [2.05, 4.69) is 70.2 Å². The van der Waals surface area contributed by atoms with Crippen LogP contribution in [0.2, 0.25) is 0 Å². The van der Waals surface area contributed by atoms with Crippen LogP contribution in [0.15, 0.2) is 134 Å². The summed E-state index contributed by atoms with van der Waals surface area (Å²) in [4.78, 5) is 47.5. The molecule has 0 saturated heterocycles. The standard InChI is InChI=1S/C43H32N10/c1-3-43(4-2)31-25-27(37-48-39(33-13-5-9-21-44-33)52-40(49-37)34-14-6-10-22-45-34)17-19-29(31)30-20-18-28(26-32(30)43)38-50-41(35-15-7-11-23-46-35)53-42(51-38)36-16-8-12-24-47-36/h5-26H,3-4H2,1-2H3. The van der Waals surface area contributed by atoms with Crippen LogP contribution in [0.4, 0.5) is 0 Å². The molecule has 0 bridgehead atoms. The van der Waals surface area contributed by atoms with Crippen LogP contribution in [-0.2, 0) is 5.41 Å². The molecule has 0 aliphatic heterocycles. The van der Waals surface area contributed by atoms with Crippen molar-refractivity contribution in [3.05, 3.63) is 145 Å². The molecular weight excluding hydrogens is 657 g/mol. The highest BCUT2D eigenvalue weighted by Gasteiger charge is 2.41. The van der Waals surface area contributed by atoms with Gasteiger partial charge in [-0.3, -0.25) is 19.9 Å². The molecule has 254 valence electrons. The Kier molecular flexibility index (Phi) is 8.04. The summed E-state index contributed by atoms with van der Waals surface area (Å²) in [5, 5.41) is 0. The monoisotopic (exact) mass is 688 g/mol. The van der Waals surface area contributed by atoms with Crippen LogP contribution in [0.1, 0.15) is 37.8 Å². The van der Waals surface area contributed by atoms with Crippen LogP contribution in [0.5, 0.6) is 0 Å². The molecule has 0 atom stereocenters. The molecule has 6 aromatic heterocycles. The lowest BCUT2D eigenvalue weighted by Crippen LogP contribution is -2.23. The second-order valence-corrected chi connectivity index (χ2v) is 12.8. The number of fused-ring (bicyclic) bond motifs is 3. The predicted octanol–water partition coefficient (Wildman–Crippen LogP) is 8.73. The van der Waals surface area contributed by atoms with E-state index >= 15 is 0 Å². The Hall–Kier alpha value is -6.94. The summed E-state index contributed by atoms with van der Waals surface area (Å²) in [6.45, 7) is 4.51. The Morgan fingerprint density at radius 3 is 0.981 bits per heavy atom. The first-order valence-electron chi connectivity index (χ1n) is 17.6. The van der Waals surface area contributed by atoms with Crippen molar-refractivity contribution in [1.82, 2.24) is 49.8 Å². The van der Waals surface area contributed by atoms with Crippen molar-refractivity contribution >= 4 is 0 Å². The first-order chi connectivity index (χ1) is 26.1. The maximum absolute atomic E-state index is 4.95. The van der Waals surface area contributed by atoms with Crippen LogP contribution >= 0.6 is 0 Å². The van der Waals surface area contributed by atoms with Crippen molar-refractivity contribution < 1.29 is 0 Å². The minimum Gasteiger partial charge on any atom is -0.253 e. The summed E-state index contributed by atoms with van der Waals surface area (Å²) < 4.78 is 0. The van der Waals surface area contributed by atoms with Gasteiger partial charge in [-0.05, 0) is 95.8 Å². The van der Waals surface area contributed by atoms with Gasteiger partial charge in [0.2, 0.25) is 0 Å². The first kappa shape index (κ1) is 32.0. The van der Waals surface area contributed by atoms with Crippen LogP contribution in [0, 0.1) is 0 Å². The lowest BCUT2D eigenvalue weighted by atomic mass is 9.73. The third-order valence-electron chi connectivity index (χ3n) is 9.93. The van der Waals surface area contributed by atoms with Gasteiger partial charge in [-0.25, -0.2) is 29.9 Å². The molecule has 10 heteroatoms. The Labute approximate surface area is 306 Å². The molecule has 6 heterocycles. The Morgan fingerprint density at radius 2 is 0.698 bits per heavy atom. The molecule has 0 unspecified atom stereocenters. The van der Waals surface area contributed by atoms with Gasteiger partial charge in [0.1, 0.15) is 22.8 Å². The first-order valence-corrected chi connectivity index (χ1v) is 17.6. The molecule has 1 aliphatic carbocycles. The fourth-order valence-electron chi connectivity index (χ4n) is 7.23. The predicted molar refractivity (Wildman–Crippen MR) is 204 cm³/mol. The Morgan fingerprint density at radius 1 is 0.377 bits per heavy atom. The lowest BCUT2D eigenvalue weighted by Gasteiger charge is -2.30. The van der Waals surface area contributed by atoms with Gasteiger partial charge in [0, 0.05) is 41.3 Å². The molecule has 9 rings (SSSR count). The maximum atomic E-state index is 4.95. The molecular formula is C43H32N10. The smallest absolute Gasteiger partial charge is 0.182 e. The molecule has 0 fully saturated rings. The van der Waals surface area contributed by atoms with E-state index in [1.165, 1.54) is 22.3 Å². The highest BCUT2D eigenvalue weighted by molar-refractivity contribution is 5.85. The SMILES string of the molecule is CCC1(CC)c2cc(-c3nc(-c4ccccn4)nc(-c4ccccn4)n3)ccc2-c2ccc(-c3nc(-c4ccccn4)nc(-c4ccccn4)n3)cc21. The molecule has 1 aliphatic rings. The average molecular weight is 689 g/mol. The molecule has 0 spiro atoms. The van der Waals surface area contributed by atoms with Gasteiger partial charge in [0.05, 0.1) is 0 Å². The topological polar surface area (TPSA) is 129 Å². The van der Waals surface area contributed by atoms with Crippen LogP contribution in [-0.4, -0.2) is 49.8 Å². The normalized spacial score (nSPS) is 12.6. The van der Waals surface area contributed by atoms with E-state index < -0.39 is 0 Å². The second-order valence-electron chi connectivity index (χ2n) is 12.8. The van der Waals surface area contributed by atoms with E-state index in [1.807, 2.05) is 72.8 Å². The fraction of sp³-hybridized carbons (Fsp3) is 0.116. The molecule has 0 radical (unpaired) electrons. The van der Waals surface area contributed by atoms with Crippen molar-refractivity contribution in [2.24, 2.45) is 0 Å². The molecule has 8 aromatic rings. The number of nitrogens with zero attached hydrogens (tertiary/aromatic N) is 10. The number of pyridine rings is 4. The van der Waals surface area contributed by atoms with Gasteiger partial charge in [-0.1, -0.05) is 62.4 Å². The molecule has 0 amide bonds. The average Bonchev–Trinajstić information content (AvgIpc) is 3.53. The zero-order chi connectivity index (χ0) is 35.8. The summed E-state index contributed by atoms with van der Waals surface area (Å²) in [5.41, 5.74) is 9.08. The number of benzene rings is 2. The highest BCUT2D eigenvalue weighted by Crippen LogP contribution is 2.54. The van der Waals surface area contributed by atoms with E-state index in [0.717, 1.165) is 24.0 Å². The van der Waals surface area contributed by atoms with Crippen LogP contribution in [0.3, 0.4) is 0 Å². The van der Waals surface area contributed by atoms with E-state index in [-0.39, 0.29) is 5.41 Å². The summed E-state index contributed by atoms with van der Waals surface area (Å²) in [6, 6.07) is 36.0. The summed E-state index contributed by atoms with van der Waals surface area (Å²) in [7, 11) is 0. The molecule has 0 N–H and O–H groups in total. The number of aromatic nitrogens is 10. The quantitative estimate of drug-likeness (QED) is 0.153. The summed E-state index contributed by atoms with van der Waals surface area (Å²) in [5.74, 6) is 3.11. The minimum absolute atomic E-state index is 0.266. The zero-order valence-corrected chi connectivity index (χ0v) is 29.1. The molecule has 0 saturated carbocycles. The molecule has 53 heavy (non-hydrogen) atoms. The Bertz CT molecular complexity index is 2280. The number of rotatable bonds is 8. The molecule has 10 nitrogen and oxygen atoms in total. The Balaban J connectivity index is 1.17. The van der Waals surface area contributed by atoms with Crippen LogP contribution < -0.4 is 0 Å². The third-order valence-corrected chi connectivity index (χ3v) is 9.93. The van der Waals surface area contributed by atoms with E-state index in [9.17, 15) is 0 Å². The van der Waals surface area contributed by atoms with Crippen molar-refractivity contribution in [2.45, 2.75) is 32.1 Å². The van der Waals surface area contributed by atoms with Crippen molar-refractivity contribution in [3.63, 3.8) is 0 Å². The van der Waals surface area contributed by atoms with Crippen molar-refractivity contribution in [3.8, 4) is 80.0 Å². The van der Waals surface area contributed by atoms with Crippen molar-refractivity contribution in [2.75, 3.05) is 0 Å². The van der Waals surface area contributed by atoms with E-state index in [4.69, 9.17) is 29.9 Å². The zero-order valence-electron chi connectivity index (χ0n) is 29.1. The highest BCUT2D eigenvalue weighted by atomic mass is 15.1. The molecule has 2 aromatic carbocycles. The number of hydrogen-bond donors (Lipinski definition) is 0. The van der Waals surface area contributed by atoms with Gasteiger partial charge in [-0.2, -0.15) is 0 Å². The fourth-order valence-corrected chi connectivity index (χ4v) is 7.23. The van der Waals surface area contributed by atoms with Gasteiger partial charge in [-0.15, -0.1) is 0 Å². The van der Waals surface area contributed by atoms with Gasteiger partial charge in [0.15, 0.2) is 34.9 Å². The third kappa shape index (κ3) is 5.70. The maximum Gasteiger partial charge on any atom is 0.182 e. The van der Waals surface area contributed by atoms with Crippen LogP contribution in [0.25, 0.3) is 80.0 Å². The van der Waals surface area contributed by atoms with Gasteiger partial charge >= 0.3 is 0 Å².